The Bertz CT molecular complexity index is 1240. The van der Waals surface area contributed by atoms with Crippen molar-refractivity contribution in [3.8, 4) is 16.9 Å². The van der Waals surface area contributed by atoms with E-state index in [2.05, 4.69) is 15.5 Å². The molecule has 152 valence electrons. The fourth-order valence-electron chi connectivity index (χ4n) is 3.36. The molecule has 7 nitrogen and oxygen atoms in total. The van der Waals surface area contributed by atoms with Crippen molar-refractivity contribution in [1.82, 2.24) is 29.9 Å². The highest BCUT2D eigenvalue weighted by atomic mass is 32.1. The number of amides is 1. The summed E-state index contributed by atoms with van der Waals surface area (Å²) < 4.78 is 4.13. The van der Waals surface area contributed by atoms with E-state index in [4.69, 9.17) is 17.3 Å². The van der Waals surface area contributed by atoms with Crippen LogP contribution in [0.1, 0.15) is 28.7 Å². The molecule has 30 heavy (non-hydrogen) atoms. The van der Waals surface area contributed by atoms with E-state index in [0.29, 0.717) is 28.4 Å². The summed E-state index contributed by atoms with van der Waals surface area (Å²) in [7, 11) is 0. The number of carbonyl (C=O) groups excluding carboxylic acids is 1. The topological polar surface area (TPSA) is 80.5 Å². The van der Waals surface area contributed by atoms with Gasteiger partial charge in [-0.15, -0.1) is 0 Å². The second-order valence-electron chi connectivity index (χ2n) is 6.86. The van der Waals surface area contributed by atoms with Gasteiger partial charge in [0, 0.05) is 18.3 Å². The largest absolute Gasteiger partial charge is 0.345 e. The molecule has 2 heterocycles. The molecule has 8 heteroatoms. The molecule has 2 aromatic carbocycles. The summed E-state index contributed by atoms with van der Waals surface area (Å²) >= 11 is 5.22. The number of aryl methyl sites for hydroxylation is 1. The van der Waals surface area contributed by atoms with Crippen molar-refractivity contribution in [2.45, 2.75) is 26.9 Å². The number of nitrogens with one attached hydrogen (secondary N) is 2. The minimum atomic E-state index is -0.216. The summed E-state index contributed by atoms with van der Waals surface area (Å²) in [5, 5.41) is 14.7. The normalized spacial score (nSPS) is 10.9. The van der Waals surface area contributed by atoms with Crippen LogP contribution >= 0.6 is 12.2 Å². The van der Waals surface area contributed by atoms with Crippen molar-refractivity contribution in [3.05, 3.63) is 82.5 Å². The molecule has 0 aliphatic heterocycles. The highest BCUT2D eigenvalue weighted by Gasteiger charge is 2.20. The van der Waals surface area contributed by atoms with Gasteiger partial charge in [-0.3, -0.25) is 9.89 Å². The average molecular weight is 419 g/mol. The molecule has 0 aliphatic rings. The molecular weight excluding hydrogens is 396 g/mol. The van der Waals surface area contributed by atoms with Crippen LogP contribution in [0.15, 0.2) is 60.8 Å². The van der Waals surface area contributed by atoms with E-state index in [1.54, 1.807) is 10.9 Å². The van der Waals surface area contributed by atoms with E-state index >= 15 is 0 Å². The number of aromatic amines is 1. The molecule has 0 saturated heterocycles. The number of benzene rings is 2. The van der Waals surface area contributed by atoms with E-state index < -0.39 is 0 Å². The van der Waals surface area contributed by atoms with E-state index in [-0.39, 0.29) is 12.5 Å². The average Bonchev–Trinajstić information content (AvgIpc) is 3.36. The smallest absolute Gasteiger partial charge is 0.255 e. The van der Waals surface area contributed by atoms with Gasteiger partial charge in [-0.2, -0.15) is 10.2 Å². The zero-order chi connectivity index (χ0) is 21.1. The van der Waals surface area contributed by atoms with Gasteiger partial charge in [0.05, 0.1) is 17.8 Å². The number of H-pyrrole nitrogens is 1. The summed E-state index contributed by atoms with van der Waals surface area (Å²) in [5.74, 6) is 0.468. The van der Waals surface area contributed by atoms with Gasteiger partial charge in [0.2, 0.25) is 0 Å². The van der Waals surface area contributed by atoms with E-state index in [1.165, 1.54) is 0 Å². The molecule has 0 spiro atoms. The van der Waals surface area contributed by atoms with Gasteiger partial charge in [-0.05, 0) is 43.8 Å². The van der Waals surface area contributed by atoms with Gasteiger partial charge < -0.3 is 9.88 Å². The molecule has 1 amide bonds. The zero-order valence-electron chi connectivity index (χ0n) is 16.8. The van der Waals surface area contributed by atoms with Gasteiger partial charge in [-0.25, -0.2) is 4.68 Å². The lowest BCUT2D eigenvalue weighted by molar-refractivity contribution is 0.0950. The summed E-state index contributed by atoms with van der Waals surface area (Å²) in [6, 6.07) is 17.7. The maximum absolute atomic E-state index is 13.1. The Morgan fingerprint density at radius 1 is 1.13 bits per heavy atom. The van der Waals surface area contributed by atoms with Gasteiger partial charge in [0.1, 0.15) is 5.69 Å². The van der Waals surface area contributed by atoms with E-state index in [9.17, 15) is 4.79 Å². The van der Waals surface area contributed by atoms with E-state index in [0.717, 1.165) is 16.8 Å². The second kappa shape index (κ2) is 8.46. The number of rotatable bonds is 6. The molecule has 4 aromatic rings. The van der Waals surface area contributed by atoms with Crippen molar-refractivity contribution in [2.24, 2.45) is 0 Å². The Labute approximate surface area is 179 Å². The number of aromatic nitrogens is 5. The quantitative estimate of drug-likeness (QED) is 0.463. The first-order chi connectivity index (χ1) is 14.6. The van der Waals surface area contributed by atoms with Crippen LogP contribution in [0, 0.1) is 11.7 Å². The van der Waals surface area contributed by atoms with Crippen molar-refractivity contribution in [1.29, 1.82) is 0 Å². The maximum Gasteiger partial charge on any atom is 0.255 e. The van der Waals surface area contributed by atoms with Crippen LogP contribution in [-0.2, 0) is 13.1 Å². The van der Waals surface area contributed by atoms with Crippen molar-refractivity contribution >= 4 is 18.1 Å². The van der Waals surface area contributed by atoms with Crippen LogP contribution < -0.4 is 5.32 Å². The Hall–Kier alpha value is -3.52. The molecule has 4 rings (SSSR count). The van der Waals surface area contributed by atoms with Crippen LogP contribution in [0.3, 0.4) is 0 Å². The monoisotopic (exact) mass is 418 g/mol. The lowest BCUT2D eigenvalue weighted by Gasteiger charge is -2.07. The second-order valence-corrected chi connectivity index (χ2v) is 7.25. The molecule has 0 bridgehead atoms. The van der Waals surface area contributed by atoms with E-state index in [1.807, 2.05) is 73.0 Å². The predicted molar refractivity (Wildman–Crippen MR) is 118 cm³/mol. The Morgan fingerprint density at radius 3 is 2.60 bits per heavy atom. The Kier molecular flexibility index (Phi) is 5.58. The third-order valence-electron chi connectivity index (χ3n) is 4.94. The highest BCUT2D eigenvalue weighted by molar-refractivity contribution is 7.71. The highest BCUT2D eigenvalue weighted by Crippen LogP contribution is 2.26. The summed E-state index contributed by atoms with van der Waals surface area (Å²) in [5.41, 5.74) is 4.01. The van der Waals surface area contributed by atoms with Gasteiger partial charge in [-0.1, -0.05) is 42.5 Å². The minimum absolute atomic E-state index is 0.216. The molecule has 0 unspecified atom stereocenters. The van der Waals surface area contributed by atoms with Gasteiger partial charge >= 0.3 is 0 Å². The lowest BCUT2D eigenvalue weighted by atomic mass is 10.0. The lowest BCUT2D eigenvalue weighted by Crippen LogP contribution is -2.25. The van der Waals surface area contributed by atoms with Crippen LogP contribution in [0.2, 0.25) is 0 Å². The fraction of sp³-hybridized carbons (Fsp3) is 0.182. The van der Waals surface area contributed by atoms with Gasteiger partial charge in [0.15, 0.2) is 10.6 Å². The number of para-hydroxylation sites is 1. The van der Waals surface area contributed by atoms with Crippen LogP contribution in [-0.4, -0.2) is 30.5 Å². The van der Waals surface area contributed by atoms with Crippen LogP contribution in [0.25, 0.3) is 16.9 Å². The molecule has 0 atom stereocenters. The Morgan fingerprint density at radius 2 is 1.87 bits per heavy atom. The maximum atomic E-state index is 13.1. The molecule has 0 radical (unpaired) electrons. The number of hydrogen-bond donors (Lipinski definition) is 2. The first-order valence-corrected chi connectivity index (χ1v) is 10.1. The molecule has 0 saturated carbocycles. The third-order valence-corrected chi connectivity index (χ3v) is 5.25. The predicted octanol–water partition coefficient (Wildman–Crippen LogP) is 4.05. The molecule has 0 aliphatic carbocycles. The number of hydrogen-bond acceptors (Lipinski definition) is 4. The minimum Gasteiger partial charge on any atom is -0.345 e. The number of carbonyl (C=O) groups is 1. The molecule has 2 aromatic heterocycles. The first-order valence-electron chi connectivity index (χ1n) is 9.72. The third kappa shape index (κ3) is 3.81. The molecular formula is C22H22N6OS. The molecule has 2 N–H and O–H groups in total. The zero-order valence-corrected chi connectivity index (χ0v) is 17.6. The van der Waals surface area contributed by atoms with Crippen molar-refractivity contribution in [3.63, 3.8) is 0 Å². The first kappa shape index (κ1) is 19.8. The summed E-state index contributed by atoms with van der Waals surface area (Å²) in [4.78, 5) is 13.1. The summed E-state index contributed by atoms with van der Waals surface area (Å²) in [6.45, 7) is 4.94. The van der Waals surface area contributed by atoms with Crippen LogP contribution in [0.5, 0.6) is 0 Å². The molecule has 0 fully saturated rings. The standard InChI is InChI=1S/C22H22N6OS/c1-3-27-19(24-25-22(27)30)13-23-21(29)18-14-28(16-10-5-4-6-11-16)26-20(18)17-12-8-7-9-15(17)2/h4-12,14H,3,13H2,1-2H3,(H,23,29)(H,25,30). The van der Waals surface area contributed by atoms with Gasteiger partial charge in [0.25, 0.3) is 5.91 Å². The number of nitrogens with zero attached hydrogens (tertiary/aromatic N) is 4. The van der Waals surface area contributed by atoms with Crippen molar-refractivity contribution in [2.75, 3.05) is 0 Å². The Balaban J connectivity index is 1.70. The summed E-state index contributed by atoms with van der Waals surface area (Å²) in [6.07, 6.45) is 1.77. The van der Waals surface area contributed by atoms with Crippen LogP contribution in [0.4, 0.5) is 0 Å². The fourth-order valence-corrected chi connectivity index (χ4v) is 3.64. The SMILES string of the molecule is CCn1c(CNC(=O)c2cn(-c3ccccc3)nc2-c2ccccc2C)n[nH]c1=S. The van der Waals surface area contributed by atoms with Crippen molar-refractivity contribution < 1.29 is 4.79 Å².